The van der Waals surface area contributed by atoms with Gasteiger partial charge < -0.3 is 14.4 Å². The second kappa shape index (κ2) is 9.79. The number of hydrogen-bond acceptors (Lipinski definition) is 5. The zero-order valence-corrected chi connectivity index (χ0v) is 13.9. The van der Waals surface area contributed by atoms with Crippen LogP contribution in [0.15, 0.2) is 54.6 Å². The highest BCUT2D eigenvalue weighted by Gasteiger charge is 2.17. The van der Waals surface area contributed by atoms with Crippen molar-refractivity contribution in [3.8, 4) is 11.8 Å². The molecule has 0 radical (unpaired) electrons. The molecule has 0 bridgehead atoms. The van der Waals surface area contributed by atoms with Crippen molar-refractivity contribution in [1.29, 1.82) is 5.26 Å². The molecule has 0 atom stereocenters. The summed E-state index contributed by atoms with van der Waals surface area (Å²) in [6.07, 6.45) is 0.144. The van der Waals surface area contributed by atoms with Crippen LogP contribution in [0.4, 0.5) is 10.1 Å². The van der Waals surface area contributed by atoms with Gasteiger partial charge in [-0.2, -0.15) is 5.26 Å². The molecule has 0 N–H and O–H groups in total. The van der Waals surface area contributed by atoms with Crippen LogP contribution in [0.3, 0.4) is 0 Å². The molecule has 0 aliphatic heterocycles. The third-order valence-electron chi connectivity index (χ3n) is 3.35. The van der Waals surface area contributed by atoms with Crippen LogP contribution in [-0.4, -0.2) is 31.6 Å². The molecule has 0 aromatic heterocycles. The van der Waals surface area contributed by atoms with Gasteiger partial charge >= 0.3 is 5.97 Å². The average Bonchev–Trinajstić information content (AvgIpc) is 2.67. The molecule has 7 heteroatoms. The van der Waals surface area contributed by atoms with Crippen LogP contribution < -0.4 is 9.64 Å². The summed E-state index contributed by atoms with van der Waals surface area (Å²) in [5.74, 6) is -1.93. The fourth-order valence-corrected chi connectivity index (χ4v) is 2.13. The van der Waals surface area contributed by atoms with E-state index in [1.54, 1.807) is 36.4 Å². The van der Waals surface area contributed by atoms with Crippen molar-refractivity contribution >= 4 is 17.6 Å². The van der Waals surface area contributed by atoms with E-state index in [-0.39, 0.29) is 18.7 Å². The molecule has 0 heterocycles. The Morgan fingerprint density at radius 2 is 1.73 bits per heavy atom. The van der Waals surface area contributed by atoms with Gasteiger partial charge in [-0.3, -0.25) is 4.79 Å². The molecule has 0 spiro atoms. The minimum Gasteiger partial charge on any atom is -0.479 e. The molecule has 2 aromatic rings. The smallest absolute Gasteiger partial charge is 0.344 e. The second-order valence-electron chi connectivity index (χ2n) is 5.17. The standard InChI is InChI=1S/C19H17FN2O4/c20-16-9-4-5-10-17(16)25-14-19(24)26-13-18(23)22(12-6-11-21)15-7-2-1-3-8-15/h1-5,7-10H,6,12-14H2. The molecule has 2 aromatic carbocycles. The summed E-state index contributed by atoms with van der Waals surface area (Å²) in [6, 6.07) is 16.4. The van der Waals surface area contributed by atoms with E-state index in [4.69, 9.17) is 14.7 Å². The van der Waals surface area contributed by atoms with Crippen molar-refractivity contribution in [3.05, 3.63) is 60.4 Å². The lowest BCUT2D eigenvalue weighted by Gasteiger charge is -2.21. The number of anilines is 1. The Bertz CT molecular complexity index is 790. The van der Waals surface area contributed by atoms with Crippen LogP contribution in [-0.2, 0) is 14.3 Å². The number of esters is 1. The molecule has 0 saturated heterocycles. The highest BCUT2D eigenvalue weighted by Crippen LogP contribution is 2.16. The van der Waals surface area contributed by atoms with E-state index in [2.05, 4.69) is 0 Å². The molecule has 0 aliphatic rings. The third-order valence-corrected chi connectivity index (χ3v) is 3.35. The first-order chi connectivity index (χ1) is 12.6. The van der Waals surface area contributed by atoms with Crippen LogP contribution in [0, 0.1) is 17.1 Å². The third kappa shape index (κ3) is 5.60. The van der Waals surface area contributed by atoms with E-state index >= 15 is 0 Å². The Labute approximate surface area is 150 Å². The maximum atomic E-state index is 13.4. The van der Waals surface area contributed by atoms with E-state index < -0.39 is 30.9 Å². The van der Waals surface area contributed by atoms with Gasteiger partial charge in [0.05, 0.1) is 12.5 Å². The molecule has 6 nitrogen and oxygen atoms in total. The first kappa shape index (κ1) is 18.9. The lowest BCUT2D eigenvalue weighted by Crippen LogP contribution is -2.36. The van der Waals surface area contributed by atoms with Gasteiger partial charge in [-0.15, -0.1) is 0 Å². The number of carbonyl (C=O) groups excluding carboxylic acids is 2. The number of halogens is 1. The Balaban J connectivity index is 1.87. The van der Waals surface area contributed by atoms with Gasteiger partial charge in [-0.05, 0) is 24.3 Å². The Morgan fingerprint density at radius 3 is 2.42 bits per heavy atom. The first-order valence-corrected chi connectivity index (χ1v) is 7.87. The molecule has 0 saturated carbocycles. The molecule has 1 amide bonds. The Morgan fingerprint density at radius 1 is 1.04 bits per heavy atom. The summed E-state index contributed by atoms with van der Waals surface area (Å²) >= 11 is 0. The van der Waals surface area contributed by atoms with Gasteiger partial charge in [0.15, 0.2) is 24.8 Å². The summed E-state index contributed by atoms with van der Waals surface area (Å²) < 4.78 is 23.3. The summed E-state index contributed by atoms with van der Waals surface area (Å²) in [6.45, 7) is -0.833. The van der Waals surface area contributed by atoms with Gasteiger partial charge in [-0.1, -0.05) is 30.3 Å². The summed E-state index contributed by atoms with van der Waals surface area (Å²) in [7, 11) is 0. The van der Waals surface area contributed by atoms with Crippen LogP contribution in [0.25, 0.3) is 0 Å². The Kier molecular flexibility index (Phi) is 7.13. The fourth-order valence-electron chi connectivity index (χ4n) is 2.13. The summed E-state index contributed by atoms with van der Waals surface area (Å²) in [5.41, 5.74) is 0.603. The zero-order valence-electron chi connectivity index (χ0n) is 13.9. The van der Waals surface area contributed by atoms with E-state index in [0.717, 1.165) is 0 Å². The molecule has 134 valence electrons. The van der Waals surface area contributed by atoms with E-state index in [1.165, 1.54) is 23.1 Å². The van der Waals surface area contributed by atoms with E-state index in [0.29, 0.717) is 5.69 Å². The second-order valence-corrected chi connectivity index (χ2v) is 5.17. The normalized spacial score (nSPS) is 9.85. The molecule has 0 unspecified atom stereocenters. The van der Waals surface area contributed by atoms with Crippen LogP contribution >= 0.6 is 0 Å². The number of nitrogens with zero attached hydrogens (tertiary/aromatic N) is 2. The fraction of sp³-hybridized carbons (Fsp3) is 0.211. The molecular formula is C19H17FN2O4. The lowest BCUT2D eigenvalue weighted by molar-refractivity contribution is -0.149. The number of amides is 1. The molecule has 26 heavy (non-hydrogen) atoms. The topological polar surface area (TPSA) is 79.6 Å². The highest BCUT2D eigenvalue weighted by atomic mass is 19.1. The number of ether oxygens (including phenoxy) is 2. The maximum Gasteiger partial charge on any atom is 0.344 e. The van der Waals surface area contributed by atoms with E-state index in [1.807, 2.05) is 6.07 Å². The van der Waals surface area contributed by atoms with Crippen molar-refractivity contribution in [3.63, 3.8) is 0 Å². The zero-order chi connectivity index (χ0) is 18.8. The van der Waals surface area contributed by atoms with Crippen molar-refractivity contribution < 1.29 is 23.5 Å². The van der Waals surface area contributed by atoms with Gasteiger partial charge in [-0.25, -0.2) is 9.18 Å². The predicted octanol–water partition coefficient (Wildman–Crippen LogP) is 2.69. The number of hydrogen-bond donors (Lipinski definition) is 0. The van der Waals surface area contributed by atoms with Crippen LogP contribution in [0.1, 0.15) is 6.42 Å². The van der Waals surface area contributed by atoms with Gasteiger partial charge in [0, 0.05) is 12.2 Å². The van der Waals surface area contributed by atoms with Crippen LogP contribution in [0.5, 0.6) is 5.75 Å². The van der Waals surface area contributed by atoms with Gasteiger partial charge in [0.1, 0.15) is 0 Å². The van der Waals surface area contributed by atoms with Crippen molar-refractivity contribution in [2.45, 2.75) is 6.42 Å². The summed E-state index contributed by atoms with van der Waals surface area (Å²) in [4.78, 5) is 25.4. The lowest BCUT2D eigenvalue weighted by atomic mass is 10.2. The largest absolute Gasteiger partial charge is 0.479 e. The quantitative estimate of drug-likeness (QED) is 0.680. The maximum absolute atomic E-state index is 13.4. The SMILES string of the molecule is N#CCCN(C(=O)COC(=O)COc1ccccc1F)c1ccccc1. The highest BCUT2D eigenvalue weighted by molar-refractivity contribution is 5.95. The van der Waals surface area contributed by atoms with Gasteiger partial charge in [0.25, 0.3) is 5.91 Å². The predicted molar refractivity (Wildman–Crippen MR) is 91.9 cm³/mol. The number of rotatable bonds is 8. The first-order valence-electron chi connectivity index (χ1n) is 7.87. The minimum atomic E-state index is -0.796. The summed E-state index contributed by atoms with van der Waals surface area (Å²) in [5, 5.41) is 8.74. The molecular weight excluding hydrogens is 339 g/mol. The number of benzene rings is 2. The minimum absolute atomic E-state index is 0.0734. The average molecular weight is 356 g/mol. The molecule has 2 rings (SSSR count). The number of carbonyl (C=O) groups is 2. The molecule has 0 aliphatic carbocycles. The monoisotopic (exact) mass is 356 g/mol. The van der Waals surface area contributed by atoms with Crippen molar-refractivity contribution in [2.24, 2.45) is 0 Å². The van der Waals surface area contributed by atoms with Gasteiger partial charge in [0.2, 0.25) is 0 Å². The number of nitriles is 1. The molecule has 0 fully saturated rings. The van der Waals surface area contributed by atoms with Crippen molar-refractivity contribution in [2.75, 3.05) is 24.7 Å². The van der Waals surface area contributed by atoms with Crippen molar-refractivity contribution in [1.82, 2.24) is 0 Å². The number of para-hydroxylation sites is 2. The van der Waals surface area contributed by atoms with E-state index in [9.17, 15) is 14.0 Å². The Hall–Kier alpha value is -3.40. The van der Waals surface area contributed by atoms with Crippen LogP contribution in [0.2, 0.25) is 0 Å².